The summed E-state index contributed by atoms with van der Waals surface area (Å²) in [6.07, 6.45) is 10.4. The number of rotatable bonds is 9. The first kappa shape index (κ1) is 33.4. The van der Waals surface area contributed by atoms with Crippen molar-refractivity contribution in [2.75, 3.05) is 51.6 Å². The number of hydrogen-bond acceptors (Lipinski definition) is 11. The highest BCUT2D eigenvalue weighted by molar-refractivity contribution is 5.92. The number of piperidine rings is 3. The van der Waals surface area contributed by atoms with Crippen molar-refractivity contribution in [2.45, 2.75) is 98.1 Å². The predicted octanol–water partition coefficient (Wildman–Crippen LogP) is 7.58. The molecule has 12 heteroatoms. The summed E-state index contributed by atoms with van der Waals surface area (Å²) in [4.78, 5) is 33.3. The van der Waals surface area contributed by atoms with Crippen LogP contribution in [0.5, 0.6) is 0 Å². The lowest BCUT2D eigenvalue weighted by Gasteiger charge is -2.39. The second-order valence-electron chi connectivity index (χ2n) is 13.9. The van der Waals surface area contributed by atoms with Crippen LogP contribution in [-0.4, -0.2) is 64.4 Å². The molecule has 3 fully saturated rings. The highest BCUT2D eigenvalue weighted by atomic mass is 16.6. The fraction of sp³-hybridized carbons (Fsp3) is 0.556. The van der Waals surface area contributed by atoms with E-state index in [1.165, 1.54) is 12.0 Å². The number of nitrogens with zero attached hydrogens (tertiary/aromatic N) is 8. The van der Waals surface area contributed by atoms with E-state index in [4.69, 9.17) is 9.97 Å². The molecule has 2 N–H and O–H groups in total. The van der Waals surface area contributed by atoms with Gasteiger partial charge in [0.05, 0.1) is 11.1 Å². The molecule has 3 aliphatic heterocycles. The van der Waals surface area contributed by atoms with Crippen LogP contribution in [0.15, 0.2) is 35.4 Å². The van der Waals surface area contributed by atoms with Gasteiger partial charge < -0.3 is 20.0 Å². The van der Waals surface area contributed by atoms with Gasteiger partial charge in [-0.1, -0.05) is 19.1 Å². The third-order valence-electron chi connectivity index (χ3n) is 10.5. The number of benzene rings is 2. The van der Waals surface area contributed by atoms with E-state index in [1.807, 2.05) is 18.2 Å². The molecule has 1 aromatic heterocycles. The Bertz CT molecular complexity index is 1640. The summed E-state index contributed by atoms with van der Waals surface area (Å²) in [6, 6.07) is 10.4. The highest BCUT2D eigenvalue weighted by Crippen LogP contribution is 2.40. The van der Waals surface area contributed by atoms with Gasteiger partial charge in [0.25, 0.3) is 5.69 Å². The summed E-state index contributed by atoms with van der Waals surface area (Å²) in [5.74, 6) is 2.01. The van der Waals surface area contributed by atoms with Crippen molar-refractivity contribution in [2.24, 2.45) is 11.0 Å². The van der Waals surface area contributed by atoms with Crippen LogP contribution < -0.4 is 25.4 Å². The van der Waals surface area contributed by atoms with Gasteiger partial charge in [-0.2, -0.15) is 20.1 Å². The highest BCUT2D eigenvalue weighted by Gasteiger charge is 2.30. The number of hydrazone groups is 1. The Kier molecular flexibility index (Phi) is 10.3. The lowest BCUT2D eigenvalue weighted by Crippen LogP contribution is -2.40. The number of nitro groups is 1. The summed E-state index contributed by atoms with van der Waals surface area (Å²) in [7, 11) is 0. The van der Waals surface area contributed by atoms with Crippen LogP contribution in [0.25, 0.3) is 0 Å². The first-order valence-corrected chi connectivity index (χ1v) is 17.7. The maximum Gasteiger partial charge on any atom is 0.293 e. The zero-order chi connectivity index (χ0) is 33.8. The minimum absolute atomic E-state index is 0.111. The fourth-order valence-corrected chi connectivity index (χ4v) is 7.21. The minimum atomic E-state index is -0.256. The van der Waals surface area contributed by atoms with E-state index in [0.29, 0.717) is 41.1 Å². The molecular weight excluding hydrogens is 604 g/mol. The lowest BCUT2D eigenvalue weighted by atomic mass is 9.98. The van der Waals surface area contributed by atoms with Gasteiger partial charge in [-0.3, -0.25) is 10.1 Å². The Balaban J connectivity index is 1.35. The molecule has 3 aromatic rings. The second kappa shape index (κ2) is 14.7. The van der Waals surface area contributed by atoms with Crippen molar-refractivity contribution < 1.29 is 4.92 Å². The molecule has 3 aliphatic rings. The minimum Gasteiger partial charge on any atom is -0.368 e. The van der Waals surface area contributed by atoms with E-state index in [1.54, 1.807) is 12.3 Å². The van der Waals surface area contributed by atoms with Crippen molar-refractivity contribution in [1.82, 2.24) is 15.0 Å². The number of anilines is 6. The molecular formula is C36H50N10O2. The second-order valence-corrected chi connectivity index (χ2v) is 13.9. The molecule has 256 valence electrons. The lowest BCUT2D eigenvalue weighted by molar-refractivity contribution is -0.384. The number of aromatic nitrogens is 3. The van der Waals surface area contributed by atoms with Crippen LogP contribution >= 0.6 is 0 Å². The topological polar surface area (TPSA) is 128 Å². The SMILES string of the molecule is Cc1cccc(Nc2nc(N/N=C\c3cc([N+](=O)[O-])c(N4CCCC[C@@H]4C)cc3N3CCCC[C@@H]3C)nc(N3CCC(C)CC3)n2)c1C. The van der Waals surface area contributed by atoms with E-state index < -0.39 is 0 Å². The Morgan fingerprint density at radius 3 is 2.19 bits per heavy atom. The smallest absolute Gasteiger partial charge is 0.293 e. The van der Waals surface area contributed by atoms with Gasteiger partial charge in [0.15, 0.2) is 0 Å². The molecule has 6 rings (SSSR count). The molecule has 0 saturated carbocycles. The summed E-state index contributed by atoms with van der Waals surface area (Å²) in [5.41, 5.74) is 8.77. The summed E-state index contributed by atoms with van der Waals surface area (Å²) in [6.45, 7) is 14.3. The Morgan fingerprint density at radius 1 is 0.854 bits per heavy atom. The normalized spacial score (nSPS) is 20.7. The molecule has 3 saturated heterocycles. The molecule has 48 heavy (non-hydrogen) atoms. The predicted molar refractivity (Wildman–Crippen MR) is 195 cm³/mol. The van der Waals surface area contributed by atoms with Gasteiger partial charge >= 0.3 is 0 Å². The third kappa shape index (κ3) is 7.47. The quantitative estimate of drug-likeness (QED) is 0.135. The van der Waals surface area contributed by atoms with Crippen LogP contribution in [0.3, 0.4) is 0 Å². The first-order chi connectivity index (χ1) is 23.2. The van der Waals surface area contributed by atoms with Gasteiger partial charge in [0.1, 0.15) is 5.69 Å². The molecule has 2 aromatic carbocycles. The first-order valence-electron chi connectivity index (χ1n) is 17.7. The number of aryl methyl sites for hydroxylation is 1. The van der Waals surface area contributed by atoms with Crippen molar-refractivity contribution >= 4 is 46.8 Å². The van der Waals surface area contributed by atoms with Crippen LogP contribution in [0.4, 0.5) is 40.6 Å². The van der Waals surface area contributed by atoms with Crippen molar-refractivity contribution in [1.29, 1.82) is 0 Å². The van der Waals surface area contributed by atoms with Crippen LogP contribution in [0, 0.1) is 29.9 Å². The third-order valence-corrected chi connectivity index (χ3v) is 10.5. The zero-order valence-corrected chi connectivity index (χ0v) is 29.1. The molecule has 0 unspecified atom stereocenters. The van der Waals surface area contributed by atoms with Crippen LogP contribution in [-0.2, 0) is 0 Å². The Morgan fingerprint density at radius 2 is 1.52 bits per heavy atom. The van der Waals surface area contributed by atoms with E-state index in [2.05, 4.69) is 76.2 Å². The average Bonchev–Trinajstić information content (AvgIpc) is 3.07. The van der Waals surface area contributed by atoms with Crippen LogP contribution in [0.1, 0.15) is 88.8 Å². The van der Waals surface area contributed by atoms with Crippen molar-refractivity contribution in [3.8, 4) is 0 Å². The molecule has 4 heterocycles. The molecule has 0 bridgehead atoms. The van der Waals surface area contributed by atoms with Gasteiger partial charge in [0.2, 0.25) is 17.8 Å². The summed E-state index contributed by atoms with van der Waals surface area (Å²) >= 11 is 0. The molecule has 0 amide bonds. The van der Waals surface area contributed by atoms with E-state index in [9.17, 15) is 10.1 Å². The van der Waals surface area contributed by atoms with Gasteiger partial charge in [0, 0.05) is 61.3 Å². The summed E-state index contributed by atoms with van der Waals surface area (Å²) in [5, 5.41) is 20.5. The maximum atomic E-state index is 12.5. The van der Waals surface area contributed by atoms with E-state index >= 15 is 0 Å². The Labute approximate surface area is 284 Å². The largest absolute Gasteiger partial charge is 0.368 e. The molecule has 0 radical (unpaired) electrons. The van der Waals surface area contributed by atoms with Gasteiger partial charge in [-0.05, 0) is 108 Å². The van der Waals surface area contributed by atoms with Crippen molar-refractivity contribution in [3.63, 3.8) is 0 Å². The average molecular weight is 655 g/mol. The Hall–Kier alpha value is -4.48. The molecule has 2 atom stereocenters. The number of nitrogens with one attached hydrogen (secondary N) is 2. The standard InChI is InChI=1S/C36H50N10O2/c1-24-15-19-43(20-16-24)36-40-34(38-30-14-10-11-25(2)28(30)5)39-35(41-36)42-37-23-29-21-33(46(47)48)32(45-18-9-7-13-27(45)4)22-31(29)44-17-8-6-12-26(44)3/h10-11,14,21-24,26-27H,6-9,12-13,15-20H2,1-5H3,(H2,38,39,40,41,42)/b37-23-/t26-,27-/m0/s1. The monoisotopic (exact) mass is 654 g/mol. The molecule has 0 spiro atoms. The van der Waals surface area contributed by atoms with Gasteiger partial charge in [-0.15, -0.1) is 0 Å². The summed E-state index contributed by atoms with van der Waals surface area (Å²) < 4.78 is 0. The van der Waals surface area contributed by atoms with Gasteiger partial charge in [-0.25, -0.2) is 5.43 Å². The zero-order valence-electron chi connectivity index (χ0n) is 29.1. The van der Waals surface area contributed by atoms with Crippen molar-refractivity contribution in [3.05, 3.63) is 57.1 Å². The number of nitro benzene ring substituents is 1. The number of hydrogen-bond donors (Lipinski definition) is 2. The molecule has 0 aliphatic carbocycles. The van der Waals surface area contributed by atoms with E-state index in [0.717, 1.165) is 88.1 Å². The van der Waals surface area contributed by atoms with Crippen LogP contribution in [0.2, 0.25) is 0 Å². The molecule has 12 nitrogen and oxygen atoms in total. The van der Waals surface area contributed by atoms with E-state index in [-0.39, 0.29) is 16.7 Å². The maximum absolute atomic E-state index is 12.5. The fourth-order valence-electron chi connectivity index (χ4n) is 7.21.